The minimum atomic E-state index is 0.119. The molecule has 2 N–H and O–H groups in total. The molecular formula is C15H24N4S. The average Bonchev–Trinajstić information content (AvgIpc) is 2.53. The summed E-state index contributed by atoms with van der Waals surface area (Å²) in [5, 5.41) is 0.764. The molecule has 1 aromatic heterocycles. The highest BCUT2D eigenvalue weighted by atomic mass is 32.1. The number of hydrogen-bond acceptors (Lipinski definition) is 3. The fourth-order valence-corrected chi connectivity index (χ4v) is 2.81. The fraction of sp³-hybridized carbons (Fsp3) is 0.600. The zero-order chi connectivity index (χ0) is 14.4. The quantitative estimate of drug-likeness (QED) is 0.659. The Balaban J connectivity index is 1.79. The number of rotatable bonds is 4. The summed E-state index contributed by atoms with van der Waals surface area (Å²) in [6.45, 7) is 2.07. The van der Waals surface area contributed by atoms with Gasteiger partial charge in [-0.05, 0) is 44.1 Å². The third kappa shape index (κ3) is 4.15. The van der Waals surface area contributed by atoms with E-state index >= 15 is 0 Å². The molecule has 5 heteroatoms. The van der Waals surface area contributed by atoms with Crippen LogP contribution < -0.4 is 10.9 Å². The number of nitrogens with zero attached hydrogens (tertiary/aromatic N) is 2. The monoisotopic (exact) mass is 292 g/mol. The zero-order valence-corrected chi connectivity index (χ0v) is 13.1. The van der Waals surface area contributed by atoms with Crippen LogP contribution in [0.4, 0.5) is 0 Å². The van der Waals surface area contributed by atoms with E-state index in [9.17, 15) is 0 Å². The lowest BCUT2D eigenvalue weighted by molar-refractivity contribution is 0.272. The van der Waals surface area contributed by atoms with Crippen molar-refractivity contribution >= 4 is 17.3 Å². The highest BCUT2D eigenvalue weighted by Gasteiger charge is 2.20. The van der Waals surface area contributed by atoms with E-state index in [-0.39, 0.29) is 6.04 Å². The second-order valence-electron chi connectivity index (χ2n) is 5.45. The van der Waals surface area contributed by atoms with Crippen LogP contribution in [-0.2, 0) is 0 Å². The molecule has 20 heavy (non-hydrogen) atoms. The Morgan fingerprint density at radius 3 is 2.75 bits per heavy atom. The van der Waals surface area contributed by atoms with E-state index in [0.717, 1.165) is 10.8 Å². The molecule has 1 saturated carbocycles. The number of hydrogen-bond donors (Lipinski definition) is 2. The molecule has 1 aliphatic rings. The molecule has 1 heterocycles. The van der Waals surface area contributed by atoms with Crippen molar-refractivity contribution in [3.05, 3.63) is 30.1 Å². The maximum absolute atomic E-state index is 5.46. The first-order valence-corrected chi connectivity index (χ1v) is 7.78. The average molecular weight is 292 g/mol. The standard InChI is InChI=1S/C15H24N4S/c1-12(14-10-6-7-11-16-14)17-18-15(20)19(2)13-8-4-3-5-9-13/h6-7,10-13,17H,3-5,8-9H2,1-2H3,(H,18,20)/t12-/m0/s1. The summed E-state index contributed by atoms with van der Waals surface area (Å²) in [6.07, 6.45) is 8.28. The van der Waals surface area contributed by atoms with Gasteiger partial charge in [0.1, 0.15) is 0 Å². The van der Waals surface area contributed by atoms with Crippen molar-refractivity contribution in [2.24, 2.45) is 0 Å². The van der Waals surface area contributed by atoms with Gasteiger partial charge in [0.15, 0.2) is 5.11 Å². The first-order chi connectivity index (χ1) is 9.68. The molecule has 0 bridgehead atoms. The molecule has 0 radical (unpaired) electrons. The van der Waals surface area contributed by atoms with E-state index in [2.05, 4.69) is 34.7 Å². The minimum absolute atomic E-state index is 0.119. The number of thiocarbonyl (C=S) groups is 1. The molecule has 4 nitrogen and oxygen atoms in total. The third-order valence-electron chi connectivity index (χ3n) is 3.97. The largest absolute Gasteiger partial charge is 0.348 e. The van der Waals surface area contributed by atoms with E-state index < -0.39 is 0 Å². The molecule has 110 valence electrons. The van der Waals surface area contributed by atoms with Crippen molar-refractivity contribution in [1.82, 2.24) is 20.7 Å². The normalized spacial score (nSPS) is 17.5. The summed E-state index contributed by atoms with van der Waals surface area (Å²) in [5.74, 6) is 0. The second kappa shape index (κ2) is 7.55. The Hall–Kier alpha value is -1.20. The summed E-state index contributed by atoms with van der Waals surface area (Å²) in [4.78, 5) is 6.52. The first-order valence-electron chi connectivity index (χ1n) is 7.37. The summed E-state index contributed by atoms with van der Waals surface area (Å²) in [7, 11) is 2.08. The Labute approximate surface area is 126 Å². The van der Waals surface area contributed by atoms with Crippen LogP contribution in [0.3, 0.4) is 0 Å². The van der Waals surface area contributed by atoms with Crippen molar-refractivity contribution in [1.29, 1.82) is 0 Å². The van der Waals surface area contributed by atoms with Gasteiger partial charge in [-0.2, -0.15) is 0 Å². The Morgan fingerprint density at radius 2 is 2.10 bits per heavy atom. The zero-order valence-electron chi connectivity index (χ0n) is 12.3. The van der Waals surface area contributed by atoms with Crippen LogP contribution in [0.25, 0.3) is 0 Å². The van der Waals surface area contributed by atoms with Gasteiger partial charge in [-0.1, -0.05) is 25.3 Å². The SMILES string of the molecule is C[C@H](NNC(=S)N(C)C1CCCCC1)c1ccccn1. The topological polar surface area (TPSA) is 40.2 Å². The predicted molar refractivity (Wildman–Crippen MR) is 86.2 cm³/mol. The van der Waals surface area contributed by atoms with Crippen molar-refractivity contribution in [3.8, 4) is 0 Å². The molecule has 1 fully saturated rings. The Bertz CT molecular complexity index is 417. The lowest BCUT2D eigenvalue weighted by atomic mass is 9.95. The number of hydrazine groups is 1. The van der Waals surface area contributed by atoms with Crippen molar-refractivity contribution in [3.63, 3.8) is 0 Å². The minimum Gasteiger partial charge on any atom is -0.348 e. The highest BCUT2D eigenvalue weighted by Crippen LogP contribution is 2.21. The summed E-state index contributed by atoms with van der Waals surface area (Å²) >= 11 is 5.46. The maximum Gasteiger partial charge on any atom is 0.183 e. The molecular weight excluding hydrogens is 268 g/mol. The van der Waals surface area contributed by atoms with Crippen LogP contribution >= 0.6 is 12.2 Å². The Morgan fingerprint density at radius 1 is 1.35 bits per heavy atom. The maximum atomic E-state index is 5.46. The van der Waals surface area contributed by atoms with Gasteiger partial charge >= 0.3 is 0 Å². The molecule has 1 aliphatic carbocycles. The van der Waals surface area contributed by atoms with E-state index in [1.54, 1.807) is 6.20 Å². The molecule has 0 amide bonds. The molecule has 0 unspecified atom stereocenters. The molecule has 0 spiro atoms. The van der Waals surface area contributed by atoms with Crippen LogP contribution in [0.2, 0.25) is 0 Å². The van der Waals surface area contributed by atoms with Crippen molar-refractivity contribution in [2.75, 3.05) is 7.05 Å². The van der Waals surface area contributed by atoms with Crippen LogP contribution in [0, 0.1) is 0 Å². The lowest BCUT2D eigenvalue weighted by Crippen LogP contribution is -2.49. The van der Waals surface area contributed by atoms with Gasteiger partial charge < -0.3 is 4.90 Å². The molecule has 0 aliphatic heterocycles. The van der Waals surface area contributed by atoms with Crippen molar-refractivity contribution < 1.29 is 0 Å². The number of pyridine rings is 1. The van der Waals surface area contributed by atoms with E-state index in [1.807, 2.05) is 18.2 Å². The van der Waals surface area contributed by atoms with Crippen LogP contribution in [-0.4, -0.2) is 28.1 Å². The van der Waals surface area contributed by atoms with E-state index in [1.165, 1.54) is 32.1 Å². The fourth-order valence-electron chi connectivity index (χ4n) is 2.60. The highest BCUT2D eigenvalue weighted by molar-refractivity contribution is 7.80. The smallest absolute Gasteiger partial charge is 0.183 e. The van der Waals surface area contributed by atoms with Gasteiger partial charge in [0.25, 0.3) is 0 Å². The van der Waals surface area contributed by atoms with Crippen LogP contribution in [0.5, 0.6) is 0 Å². The predicted octanol–water partition coefficient (Wildman–Crippen LogP) is 2.79. The van der Waals surface area contributed by atoms with Gasteiger partial charge in [0.2, 0.25) is 0 Å². The second-order valence-corrected chi connectivity index (χ2v) is 5.84. The molecule has 1 atom stereocenters. The molecule has 0 saturated heterocycles. The Kier molecular flexibility index (Phi) is 5.73. The number of nitrogens with one attached hydrogen (secondary N) is 2. The molecule has 0 aromatic carbocycles. The summed E-state index contributed by atoms with van der Waals surface area (Å²) < 4.78 is 0. The van der Waals surface area contributed by atoms with Gasteiger partial charge in [-0.15, -0.1) is 0 Å². The first kappa shape index (κ1) is 15.2. The van der Waals surface area contributed by atoms with Crippen molar-refractivity contribution in [2.45, 2.75) is 51.1 Å². The number of aromatic nitrogens is 1. The van der Waals surface area contributed by atoms with Gasteiger partial charge in [0, 0.05) is 19.3 Å². The summed E-state index contributed by atoms with van der Waals surface area (Å²) in [5.41, 5.74) is 7.37. The van der Waals surface area contributed by atoms with E-state index in [4.69, 9.17) is 12.2 Å². The van der Waals surface area contributed by atoms with Crippen LogP contribution in [0.1, 0.15) is 50.8 Å². The van der Waals surface area contributed by atoms with Gasteiger partial charge in [-0.25, -0.2) is 5.43 Å². The van der Waals surface area contributed by atoms with Crippen LogP contribution in [0.15, 0.2) is 24.4 Å². The molecule has 2 rings (SSSR count). The third-order valence-corrected chi connectivity index (χ3v) is 4.36. The lowest BCUT2D eigenvalue weighted by Gasteiger charge is -2.33. The summed E-state index contributed by atoms with van der Waals surface area (Å²) in [6, 6.07) is 6.62. The molecule has 1 aromatic rings. The van der Waals surface area contributed by atoms with E-state index in [0.29, 0.717) is 6.04 Å². The van der Waals surface area contributed by atoms with Gasteiger partial charge in [0.05, 0.1) is 11.7 Å². The van der Waals surface area contributed by atoms with Gasteiger partial charge in [-0.3, -0.25) is 10.4 Å².